The van der Waals surface area contributed by atoms with E-state index < -0.39 is 0 Å². The molecule has 1 N–H and O–H groups in total. The summed E-state index contributed by atoms with van der Waals surface area (Å²) in [4.78, 5) is 10.7. The molecule has 0 spiro atoms. The maximum atomic E-state index is 10.7. The van der Waals surface area contributed by atoms with Crippen molar-refractivity contribution in [3.63, 3.8) is 0 Å². The Morgan fingerprint density at radius 2 is 0.578 bits per heavy atom. The SMILES string of the molecule is CCCCCC(=O)OCC.CCCCCCCCCCCCCCCCCCCCCCCCCCCCCCCCCCO. The summed E-state index contributed by atoms with van der Waals surface area (Å²) in [5.74, 6) is -0.0593. The number of carbonyl (C=O) groups is 1. The fourth-order valence-electron chi connectivity index (χ4n) is 6.24. The lowest BCUT2D eigenvalue weighted by molar-refractivity contribution is -0.143. The lowest BCUT2D eigenvalue weighted by Gasteiger charge is -2.04. The van der Waals surface area contributed by atoms with Gasteiger partial charge < -0.3 is 9.84 Å². The molecule has 0 aliphatic carbocycles. The molecule has 0 unspecified atom stereocenters. The molecule has 3 heteroatoms. The first kappa shape index (κ1) is 46.5. The van der Waals surface area contributed by atoms with Crippen LogP contribution in [0.1, 0.15) is 252 Å². The van der Waals surface area contributed by atoms with Crippen LogP contribution in [0.5, 0.6) is 0 Å². The third-order valence-corrected chi connectivity index (χ3v) is 9.30. The molecule has 0 aromatic heterocycles. The van der Waals surface area contributed by atoms with Crippen LogP contribution in [0.2, 0.25) is 0 Å². The van der Waals surface area contributed by atoms with Crippen LogP contribution >= 0.6 is 0 Å². The van der Waals surface area contributed by atoms with Gasteiger partial charge in [-0.1, -0.05) is 226 Å². The summed E-state index contributed by atoms with van der Waals surface area (Å²) in [6.07, 6.45) is 49.9. The van der Waals surface area contributed by atoms with Gasteiger partial charge in [0.2, 0.25) is 0 Å². The molecule has 272 valence electrons. The van der Waals surface area contributed by atoms with Crippen molar-refractivity contribution in [3.05, 3.63) is 0 Å². The van der Waals surface area contributed by atoms with E-state index in [0.29, 0.717) is 19.6 Å². The molecular formula is C42H86O3. The van der Waals surface area contributed by atoms with Crippen LogP contribution in [-0.4, -0.2) is 24.3 Å². The fourth-order valence-corrected chi connectivity index (χ4v) is 6.24. The number of aliphatic hydroxyl groups excluding tert-OH is 1. The first-order valence-electron chi connectivity index (χ1n) is 21.0. The third kappa shape index (κ3) is 47.9. The summed E-state index contributed by atoms with van der Waals surface area (Å²) in [6, 6.07) is 0. The first-order chi connectivity index (χ1) is 22.2. The van der Waals surface area contributed by atoms with E-state index in [9.17, 15) is 4.79 Å². The van der Waals surface area contributed by atoms with Crippen LogP contribution in [0.3, 0.4) is 0 Å². The second kappa shape index (κ2) is 45.6. The van der Waals surface area contributed by atoms with Crippen molar-refractivity contribution in [2.45, 2.75) is 252 Å². The molecule has 0 aliphatic heterocycles. The number of hydrogen-bond donors (Lipinski definition) is 1. The van der Waals surface area contributed by atoms with Gasteiger partial charge in [0.15, 0.2) is 0 Å². The standard InChI is InChI=1S/C34H70O.C8H16O2/c1-2-3-4-5-6-7-8-9-10-11-12-13-14-15-16-17-18-19-20-21-22-23-24-25-26-27-28-29-30-31-32-33-34-35;1-3-5-6-7-8(9)10-4-2/h35H,2-34H2,1H3;3-7H2,1-2H3. The smallest absolute Gasteiger partial charge is 0.305 e. The molecule has 0 amide bonds. The molecular weight excluding hydrogens is 552 g/mol. The summed E-state index contributed by atoms with van der Waals surface area (Å²) in [7, 11) is 0. The quantitative estimate of drug-likeness (QED) is 0.0544. The first-order valence-corrected chi connectivity index (χ1v) is 21.0. The summed E-state index contributed by atoms with van der Waals surface area (Å²) < 4.78 is 4.75. The van der Waals surface area contributed by atoms with Crippen LogP contribution < -0.4 is 0 Å². The number of aliphatic hydroxyl groups is 1. The van der Waals surface area contributed by atoms with Crippen molar-refractivity contribution in [2.75, 3.05) is 13.2 Å². The van der Waals surface area contributed by atoms with E-state index in [1.807, 2.05) is 6.92 Å². The minimum Gasteiger partial charge on any atom is -0.466 e. The largest absolute Gasteiger partial charge is 0.466 e. The predicted molar refractivity (Wildman–Crippen MR) is 201 cm³/mol. The highest BCUT2D eigenvalue weighted by Gasteiger charge is 1.99. The van der Waals surface area contributed by atoms with Gasteiger partial charge in [0.25, 0.3) is 0 Å². The summed E-state index contributed by atoms with van der Waals surface area (Å²) >= 11 is 0. The number of esters is 1. The van der Waals surface area contributed by atoms with Gasteiger partial charge in [0, 0.05) is 13.0 Å². The predicted octanol–water partition coefficient (Wildman–Crippen LogP) is 14.6. The Bertz CT molecular complexity index is 474. The third-order valence-electron chi connectivity index (χ3n) is 9.30. The maximum Gasteiger partial charge on any atom is 0.305 e. The van der Waals surface area contributed by atoms with Crippen molar-refractivity contribution in [1.82, 2.24) is 0 Å². The van der Waals surface area contributed by atoms with Crippen molar-refractivity contribution in [3.8, 4) is 0 Å². The van der Waals surface area contributed by atoms with E-state index in [1.54, 1.807) is 0 Å². The molecule has 0 aromatic carbocycles. The lowest BCUT2D eigenvalue weighted by atomic mass is 10.0. The minimum atomic E-state index is -0.0593. The van der Waals surface area contributed by atoms with Gasteiger partial charge in [-0.2, -0.15) is 0 Å². The van der Waals surface area contributed by atoms with Gasteiger partial charge in [0.05, 0.1) is 6.61 Å². The second-order valence-electron chi connectivity index (χ2n) is 13.9. The zero-order chi connectivity index (χ0) is 33.2. The van der Waals surface area contributed by atoms with E-state index in [4.69, 9.17) is 9.84 Å². The number of rotatable bonds is 37. The Kier molecular flexibility index (Phi) is 47.1. The lowest BCUT2D eigenvalue weighted by Crippen LogP contribution is -2.02. The Labute approximate surface area is 285 Å². The van der Waals surface area contributed by atoms with Crippen molar-refractivity contribution in [2.24, 2.45) is 0 Å². The monoisotopic (exact) mass is 639 g/mol. The highest BCUT2D eigenvalue weighted by molar-refractivity contribution is 5.69. The van der Waals surface area contributed by atoms with E-state index in [2.05, 4.69) is 13.8 Å². The zero-order valence-electron chi connectivity index (χ0n) is 31.6. The van der Waals surface area contributed by atoms with Crippen molar-refractivity contribution >= 4 is 5.97 Å². The number of unbranched alkanes of at least 4 members (excludes halogenated alkanes) is 33. The van der Waals surface area contributed by atoms with Crippen LogP contribution in [-0.2, 0) is 9.53 Å². The van der Waals surface area contributed by atoms with Crippen LogP contribution in [0, 0.1) is 0 Å². The van der Waals surface area contributed by atoms with Crippen LogP contribution in [0.15, 0.2) is 0 Å². The molecule has 0 bridgehead atoms. The average molecular weight is 639 g/mol. The topological polar surface area (TPSA) is 46.5 Å². The molecule has 0 rings (SSSR count). The molecule has 45 heavy (non-hydrogen) atoms. The Morgan fingerprint density at radius 3 is 0.800 bits per heavy atom. The average Bonchev–Trinajstić information content (AvgIpc) is 3.04. The van der Waals surface area contributed by atoms with Gasteiger partial charge in [0.1, 0.15) is 0 Å². The molecule has 0 saturated carbocycles. The van der Waals surface area contributed by atoms with Gasteiger partial charge >= 0.3 is 5.97 Å². The minimum absolute atomic E-state index is 0.0593. The van der Waals surface area contributed by atoms with Gasteiger partial charge in [-0.25, -0.2) is 0 Å². The molecule has 0 heterocycles. The normalized spacial score (nSPS) is 11.0. The summed E-state index contributed by atoms with van der Waals surface area (Å²) in [5.41, 5.74) is 0. The molecule has 0 saturated heterocycles. The fraction of sp³-hybridized carbons (Fsp3) is 0.976. The summed E-state index contributed by atoms with van der Waals surface area (Å²) in [6.45, 7) is 7.13. The van der Waals surface area contributed by atoms with E-state index in [-0.39, 0.29) is 5.97 Å². The zero-order valence-corrected chi connectivity index (χ0v) is 31.6. The van der Waals surface area contributed by atoms with Gasteiger partial charge in [-0.3, -0.25) is 4.79 Å². The molecule has 0 aromatic rings. The molecule has 0 radical (unpaired) electrons. The van der Waals surface area contributed by atoms with E-state index in [0.717, 1.165) is 25.7 Å². The Morgan fingerprint density at radius 1 is 0.356 bits per heavy atom. The summed E-state index contributed by atoms with van der Waals surface area (Å²) in [5, 5.41) is 8.78. The van der Waals surface area contributed by atoms with Crippen molar-refractivity contribution in [1.29, 1.82) is 0 Å². The number of ether oxygens (including phenoxy) is 1. The van der Waals surface area contributed by atoms with Crippen LogP contribution in [0.25, 0.3) is 0 Å². The molecule has 0 atom stereocenters. The molecule has 0 aliphatic rings. The highest BCUT2D eigenvalue weighted by atomic mass is 16.5. The highest BCUT2D eigenvalue weighted by Crippen LogP contribution is 2.16. The van der Waals surface area contributed by atoms with Gasteiger partial charge in [-0.15, -0.1) is 0 Å². The van der Waals surface area contributed by atoms with Crippen molar-refractivity contribution < 1.29 is 14.6 Å². The van der Waals surface area contributed by atoms with Crippen LogP contribution in [0.4, 0.5) is 0 Å². The van der Waals surface area contributed by atoms with Gasteiger partial charge in [-0.05, 0) is 19.8 Å². The maximum absolute atomic E-state index is 10.7. The second-order valence-corrected chi connectivity index (χ2v) is 13.9. The number of carbonyl (C=O) groups excluding carboxylic acids is 1. The Balaban J connectivity index is 0. The van der Waals surface area contributed by atoms with E-state index >= 15 is 0 Å². The molecule has 3 nitrogen and oxygen atoms in total. The molecule has 0 fully saturated rings. The Hall–Kier alpha value is -0.570. The number of hydrogen-bond acceptors (Lipinski definition) is 3. The van der Waals surface area contributed by atoms with E-state index in [1.165, 1.54) is 199 Å².